The van der Waals surface area contributed by atoms with Gasteiger partial charge in [0.25, 0.3) is 11.8 Å². The minimum atomic E-state index is -1.08. The van der Waals surface area contributed by atoms with Gasteiger partial charge in [0.15, 0.2) is 6.10 Å². The van der Waals surface area contributed by atoms with Crippen molar-refractivity contribution in [3.8, 4) is 11.5 Å². The summed E-state index contributed by atoms with van der Waals surface area (Å²) < 4.78 is 11.4. The topological polar surface area (TPSA) is 108 Å². The molecule has 0 bridgehead atoms. The number of primary amides is 1. The number of amides is 2. The van der Waals surface area contributed by atoms with Gasteiger partial charge in [0.05, 0.1) is 5.56 Å². The van der Waals surface area contributed by atoms with Gasteiger partial charge in [-0.25, -0.2) is 0 Å². The predicted molar refractivity (Wildman–Crippen MR) is 112 cm³/mol. The third kappa shape index (κ3) is 3.65. The van der Waals surface area contributed by atoms with Crippen LogP contribution in [0.1, 0.15) is 34.3 Å². The summed E-state index contributed by atoms with van der Waals surface area (Å²) in [5.74, 6) is -1.35. The number of nitrogens with one attached hydrogen (secondary N) is 1. The van der Waals surface area contributed by atoms with E-state index >= 15 is 0 Å². The second-order valence-electron chi connectivity index (χ2n) is 6.71. The number of rotatable bonds is 5. The van der Waals surface area contributed by atoms with Gasteiger partial charge in [0, 0.05) is 11.1 Å². The minimum Gasteiger partial charge on any atom is -0.457 e. The Bertz CT molecular complexity index is 1090. The van der Waals surface area contributed by atoms with E-state index in [1.807, 2.05) is 24.3 Å². The molecule has 1 aliphatic rings. The first-order valence-corrected chi connectivity index (χ1v) is 10.1. The molecule has 0 radical (unpaired) electrons. The highest BCUT2D eigenvalue weighted by Gasteiger charge is 2.35. The van der Waals surface area contributed by atoms with Gasteiger partial charge in [0.1, 0.15) is 22.4 Å². The van der Waals surface area contributed by atoms with Crippen molar-refractivity contribution in [2.24, 2.45) is 5.73 Å². The number of anilines is 1. The second-order valence-corrected chi connectivity index (χ2v) is 7.62. The molecular weight excluding hydrogens is 404 g/mol. The second kappa shape index (κ2) is 8.00. The summed E-state index contributed by atoms with van der Waals surface area (Å²) in [6, 6.07) is 16.0. The Morgan fingerprint density at radius 2 is 1.63 bits per heavy atom. The zero-order chi connectivity index (χ0) is 21.3. The zero-order valence-electron chi connectivity index (χ0n) is 16.0. The molecule has 3 aromatic rings. The Hall–Kier alpha value is -3.65. The van der Waals surface area contributed by atoms with Crippen LogP contribution in [0.3, 0.4) is 0 Å². The van der Waals surface area contributed by atoms with Gasteiger partial charge in [0.2, 0.25) is 0 Å². The Morgan fingerprint density at radius 1 is 1.03 bits per heavy atom. The summed E-state index contributed by atoms with van der Waals surface area (Å²) in [5, 5.41) is 4.55. The first-order chi connectivity index (χ1) is 14.5. The smallest absolute Gasteiger partial charge is 0.318 e. The molecular formula is C22H18N2O5S. The van der Waals surface area contributed by atoms with Crippen LogP contribution in [0.4, 0.5) is 5.00 Å². The molecule has 3 N–H and O–H groups in total. The summed E-state index contributed by atoms with van der Waals surface area (Å²) in [7, 11) is 0. The Labute approximate surface area is 176 Å². The highest BCUT2D eigenvalue weighted by atomic mass is 32.1. The van der Waals surface area contributed by atoms with Gasteiger partial charge in [-0.15, -0.1) is 11.3 Å². The van der Waals surface area contributed by atoms with Gasteiger partial charge >= 0.3 is 5.97 Å². The average Bonchev–Trinajstić information content (AvgIpc) is 3.20. The first kappa shape index (κ1) is 19.7. The van der Waals surface area contributed by atoms with Crippen LogP contribution in [-0.2, 0) is 14.3 Å². The molecule has 0 aliphatic carbocycles. The van der Waals surface area contributed by atoms with Gasteiger partial charge in [-0.3, -0.25) is 14.4 Å². The van der Waals surface area contributed by atoms with E-state index in [9.17, 15) is 14.4 Å². The monoisotopic (exact) mass is 422 g/mol. The van der Waals surface area contributed by atoms with Crippen LogP contribution in [0.25, 0.3) is 0 Å². The molecule has 0 spiro atoms. The molecule has 2 amide bonds. The number of esters is 1. The van der Waals surface area contributed by atoms with Gasteiger partial charge in [-0.1, -0.05) is 36.4 Å². The lowest BCUT2D eigenvalue weighted by molar-refractivity contribution is -0.153. The van der Waals surface area contributed by atoms with Crippen molar-refractivity contribution in [1.82, 2.24) is 0 Å². The van der Waals surface area contributed by atoms with Gasteiger partial charge in [-0.05, 0) is 30.5 Å². The number of fused-ring (bicyclic) bond motifs is 2. The molecule has 8 heteroatoms. The van der Waals surface area contributed by atoms with E-state index in [4.69, 9.17) is 15.2 Å². The number of nitrogens with two attached hydrogens (primary N) is 1. The summed E-state index contributed by atoms with van der Waals surface area (Å²) in [6.07, 6.45) is -1.08. The minimum absolute atomic E-state index is 0.208. The number of thiophene rings is 1. The lowest BCUT2D eigenvalue weighted by Crippen LogP contribution is -2.33. The van der Waals surface area contributed by atoms with E-state index in [2.05, 4.69) is 5.32 Å². The molecule has 2 heterocycles. The molecule has 0 saturated heterocycles. The number of hydrogen-bond donors (Lipinski definition) is 2. The fourth-order valence-corrected chi connectivity index (χ4v) is 4.07. The molecule has 1 aromatic heterocycles. The molecule has 0 saturated carbocycles. The molecule has 0 fully saturated rings. The SMILES string of the molecule is CC(OC(=O)C1c2ccccc2Oc2ccccc21)C(=O)Nc1sccc1C(N)=O. The number of benzene rings is 2. The molecule has 2 aromatic carbocycles. The number of carbonyl (C=O) groups is 3. The van der Waals surface area contributed by atoms with Crippen molar-refractivity contribution in [2.45, 2.75) is 18.9 Å². The summed E-state index contributed by atoms with van der Waals surface area (Å²) in [5.41, 5.74) is 6.85. The van der Waals surface area contributed by atoms with Crippen LogP contribution in [-0.4, -0.2) is 23.9 Å². The zero-order valence-corrected chi connectivity index (χ0v) is 16.8. The van der Waals surface area contributed by atoms with E-state index in [1.54, 1.807) is 29.6 Å². The van der Waals surface area contributed by atoms with E-state index in [0.717, 1.165) is 11.3 Å². The summed E-state index contributed by atoms with van der Waals surface area (Å²) in [6.45, 7) is 1.47. The average molecular weight is 422 g/mol. The first-order valence-electron chi connectivity index (χ1n) is 9.20. The van der Waals surface area contributed by atoms with Crippen molar-refractivity contribution >= 4 is 34.1 Å². The van der Waals surface area contributed by atoms with Crippen molar-refractivity contribution in [3.63, 3.8) is 0 Å². The number of ether oxygens (including phenoxy) is 2. The van der Waals surface area contributed by atoms with Gasteiger partial charge < -0.3 is 20.5 Å². The third-order valence-electron chi connectivity index (χ3n) is 4.75. The van der Waals surface area contributed by atoms with E-state index in [0.29, 0.717) is 27.6 Å². The van der Waals surface area contributed by atoms with Gasteiger partial charge in [-0.2, -0.15) is 0 Å². The lowest BCUT2D eigenvalue weighted by atomic mass is 9.88. The van der Waals surface area contributed by atoms with Crippen LogP contribution in [0.2, 0.25) is 0 Å². The lowest BCUT2D eigenvalue weighted by Gasteiger charge is -2.27. The van der Waals surface area contributed by atoms with Crippen molar-refractivity contribution in [3.05, 3.63) is 76.7 Å². The maximum Gasteiger partial charge on any atom is 0.318 e. The summed E-state index contributed by atoms with van der Waals surface area (Å²) in [4.78, 5) is 37.1. The Morgan fingerprint density at radius 3 is 2.23 bits per heavy atom. The standard InChI is InChI=1S/C22H18N2O5S/c1-12(20(26)24-21-15(19(23)25)10-11-30-21)28-22(27)18-13-6-2-4-8-16(13)29-17-9-5-3-7-14(17)18/h2-12,18H,1H3,(H2,23,25)(H,24,26). The Kier molecular flexibility index (Phi) is 5.24. The molecule has 30 heavy (non-hydrogen) atoms. The highest BCUT2D eigenvalue weighted by molar-refractivity contribution is 7.14. The molecule has 152 valence electrons. The number of hydrogen-bond acceptors (Lipinski definition) is 6. The highest BCUT2D eigenvalue weighted by Crippen LogP contribution is 2.44. The molecule has 1 atom stereocenters. The van der Waals surface area contributed by atoms with Crippen LogP contribution in [0.15, 0.2) is 60.0 Å². The third-order valence-corrected chi connectivity index (χ3v) is 5.58. The van der Waals surface area contributed by atoms with E-state index < -0.39 is 29.8 Å². The number of para-hydroxylation sites is 2. The Balaban J connectivity index is 1.54. The van der Waals surface area contributed by atoms with Crippen molar-refractivity contribution < 1.29 is 23.9 Å². The summed E-state index contributed by atoms with van der Waals surface area (Å²) >= 11 is 1.16. The van der Waals surface area contributed by atoms with Crippen LogP contribution < -0.4 is 15.8 Å². The van der Waals surface area contributed by atoms with E-state index in [1.165, 1.54) is 13.0 Å². The maximum atomic E-state index is 13.1. The molecule has 4 rings (SSSR count). The van der Waals surface area contributed by atoms with E-state index in [-0.39, 0.29) is 5.56 Å². The van der Waals surface area contributed by atoms with Crippen LogP contribution in [0.5, 0.6) is 11.5 Å². The fraction of sp³-hybridized carbons (Fsp3) is 0.136. The van der Waals surface area contributed by atoms with Crippen molar-refractivity contribution in [2.75, 3.05) is 5.32 Å². The largest absolute Gasteiger partial charge is 0.457 e. The predicted octanol–water partition coefficient (Wildman–Crippen LogP) is 3.66. The number of carbonyl (C=O) groups excluding carboxylic acids is 3. The maximum absolute atomic E-state index is 13.1. The quantitative estimate of drug-likeness (QED) is 0.610. The van der Waals surface area contributed by atoms with Crippen LogP contribution >= 0.6 is 11.3 Å². The van der Waals surface area contributed by atoms with Crippen LogP contribution in [0, 0.1) is 0 Å². The molecule has 1 unspecified atom stereocenters. The molecule has 1 aliphatic heterocycles. The normalized spacial score (nSPS) is 13.4. The van der Waals surface area contributed by atoms with Crippen molar-refractivity contribution in [1.29, 1.82) is 0 Å². The fourth-order valence-electron chi connectivity index (χ4n) is 3.27. The molecule has 7 nitrogen and oxygen atoms in total.